The summed E-state index contributed by atoms with van der Waals surface area (Å²) < 4.78 is 5.38. The van der Waals surface area contributed by atoms with Crippen LogP contribution in [0.1, 0.15) is 112 Å². The molecule has 182 valence electrons. The fraction of sp³-hybridized carbons (Fsp3) is 0.900. The van der Waals surface area contributed by atoms with Crippen molar-refractivity contribution in [3.8, 4) is 0 Å². The molecular weight excluding hydrogens is 392 g/mol. The molecule has 9 atom stereocenters. The third-order valence-electron chi connectivity index (χ3n) is 11.5. The minimum atomic E-state index is 0.117. The summed E-state index contributed by atoms with van der Waals surface area (Å²) in [7, 11) is 0. The SMILES string of the molecule is CC[C@@H](CC[C@@H](C)[C@H]1CC[C@H]2[C@@H]3CC=C4C[C@@H](OC=O)CC[C@]4(C)[C@H]3CC[C@]12C)C(C)C. The van der Waals surface area contributed by atoms with Crippen molar-refractivity contribution < 1.29 is 9.53 Å². The molecule has 0 spiro atoms. The highest BCUT2D eigenvalue weighted by Crippen LogP contribution is 2.67. The first-order valence-corrected chi connectivity index (χ1v) is 14.0. The second kappa shape index (κ2) is 9.46. The van der Waals surface area contributed by atoms with Gasteiger partial charge < -0.3 is 4.74 Å². The lowest BCUT2D eigenvalue weighted by Crippen LogP contribution is -2.51. The van der Waals surface area contributed by atoms with Gasteiger partial charge in [0.15, 0.2) is 0 Å². The third kappa shape index (κ3) is 4.11. The predicted molar refractivity (Wildman–Crippen MR) is 133 cm³/mol. The van der Waals surface area contributed by atoms with Crippen LogP contribution in [0.5, 0.6) is 0 Å². The Hall–Kier alpha value is -0.790. The molecule has 0 aromatic heterocycles. The highest BCUT2D eigenvalue weighted by molar-refractivity contribution is 5.38. The molecule has 0 aromatic carbocycles. The van der Waals surface area contributed by atoms with Crippen LogP contribution in [0.25, 0.3) is 0 Å². The van der Waals surface area contributed by atoms with Gasteiger partial charge in [-0.05, 0) is 104 Å². The van der Waals surface area contributed by atoms with Crippen molar-refractivity contribution in [2.45, 2.75) is 118 Å². The molecule has 32 heavy (non-hydrogen) atoms. The Morgan fingerprint density at radius 3 is 2.53 bits per heavy atom. The monoisotopic (exact) mass is 442 g/mol. The van der Waals surface area contributed by atoms with E-state index in [1.165, 1.54) is 57.8 Å². The lowest BCUT2D eigenvalue weighted by molar-refractivity contribution is -0.136. The molecule has 4 aliphatic rings. The predicted octanol–water partition coefficient (Wildman–Crippen LogP) is 8.21. The Balaban J connectivity index is 1.46. The molecule has 0 amide bonds. The van der Waals surface area contributed by atoms with Crippen LogP contribution in [0.15, 0.2) is 11.6 Å². The summed E-state index contributed by atoms with van der Waals surface area (Å²) in [5, 5.41) is 0. The van der Waals surface area contributed by atoms with Crippen molar-refractivity contribution in [2.75, 3.05) is 0 Å². The van der Waals surface area contributed by atoms with Crippen LogP contribution in [-0.2, 0) is 9.53 Å². The van der Waals surface area contributed by atoms with Gasteiger partial charge in [0.05, 0.1) is 0 Å². The maximum atomic E-state index is 10.9. The Morgan fingerprint density at radius 1 is 1.06 bits per heavy atom. The van der Waals surface area contributed by atoms with E-state index in [2.05, 4.69) is 47.6 Å². The van der Waals surface area contributed by atoms with E-state index in [0.29, 0.717) is 17.3 Å². The second-order valence-electron chi connectivity index (χ2n) is 13.1. The van der Waals surface area contributed by atoms with E-state index < -0.39 is 0 Å². The van der Waals surface area contributed by atoms with Crippen LogP contribution in [0, 0.1) is 52.3 Å². The fourth-order valence-corrected chi connectivity index (χ4v) is 9.48. The van der Waals surface area contributed by atoms with Gasteiger partial charge in [-0.25, -0.2) is 0 Å². The van der Waals surface area contributed by atoms with Gasteiger partial charge in [0.1, 0.15) is 6.10 Å². The van der Waals surface area contributed by atoms with E-state index >= 15 is 0 Å². The van der Waals surface area contributed by atoms with Gasteiger partial charge >= 0.3 is 0 Å². The fourth-order valence-electron chi connectivity index (χ4n) is 9.48. The maximum absolute atomic E-state index is 10.9. The summed E-state index contributed by atoms with van der Waals surface area (Å²) in [5.41, 5.74) is 2.52. The number of fused-ring (bicyclic) bond motifs is 5. The Bertz CT molecular complexity index is 695. The molecule has 0 aliphatic heterocycles. The van der Waals surface area contributed by atoms with Gasteiger partial charge in [-0.1, -0.05) is 66.0 Å². The van der Waals surface area contributed by atoms with Crippen LogP contribution >= 0.6 is 0 Å². The number of ether oxygens (including phenoxy) is 1. The Labute approximate surface area is 198 Å². The summed E-state index contributed by atoms with van der Waals surface area (Å²) in [6.07, 6.45) is 17.2. The van der Waals surface area contributed by atoms with Gasteiger partial charge in [-0.15, -0.1) is 0 Å². The summed E-state index contributed by atoms with van der Waals surface area (Å²) in [6, 6.07) is 0. The van der Waals surface area contributed by atoms with E-state index in [4.69, 9.17) is 4.74 Å². The van der Waals surface area contributed by atoms with Crippen LogP contribution in [0.3, 0.4) is 0 Å². The number of hydrogen-bond acceptors (Lipinski definition) is 2. The van der Waals surface area contributed by atoms with E-state index in [-0.39, 0.29) is 6.10 Å². The number of carbonyl (C=O) groups is 1. The topological polar surface area (TPSA) is 26.3 Å². The molecule has 4 aliphatic carbocycles. The van der Waals surface area contributed by atoms with E-state index in [1.54, 1.807) is 5.57 Å². The highest BCUT2D eigenvalue weighted by atomic mass is 16.5. The molecule has 0 N–H and O–H groups in total. The number of allylic oxidation sites excluding steroid dienone is 1. The summed E-state index contributed by atoms with van der Waals surface area (Å²) >= 11 is 0. The van der Waals surface area contributed by atoms with Gasteiger partial charge in [-0.2, -0.15) is 0 Å². The molecule has 2 nitrogen and oxygen atoms in total. The van der Waals surface area contributed by atoms with Crippen LogP contribution in [-0.4, -0.2) is 12.6 Å². The molecule has 0 aromatic rings. The number of hydrogen-bond donors (Lipinski definition) is 0. The standard InChI is InChI=1S/C30H50O2/c1-7-22(20(2)3)9-8-21(4)26-12-13-27-25-11-10-23-18-24(32-19-31)14-16-29(23,5)28(25)15-17-30(26,27)6/h10,19-22,24-28H,7-9,11-18H2,1-6H3/t21-,22+,24+,25+,26-,27+,28+,29+,30-/m1/s1. The number of carbonyl (C=O) groups excluding carboxylic acids is 1. The minimum absolute atomic E-state index is 0.117. The number of rotatable bonds is 8. The van der Waals surface area contributed by atoms with Crippen molar-refractivity contribution >= 4 is 6.47 Å². The molecule has 0 heterocycles. The van der Waals surface area contributed by atoms with Crippen molar-refractivity contribution in [2.24, 2.45) is 52.3 Å². The highest BCUT2D eigenvalue weighted by Gasteiger charge is 2.59. The van der Waals surface area contributed by atoms with Crippen molar-refractivity contribution in [3.05, 3.63) is 11.6 Å². The lowest BCUT2D eigenvalue weighted by atomic mass is 9.47. The van der Waals surface area contributed by atoms with E-state index in [9.17, 15) is 4.79 Å². The average molecular weight is 443 g/mol. The van der Waals surface area contributed by atoms with Crippen LogP contribution in [0.4, 0.5) is 0 Å². The summed E-state index contributed by atoms with van der Waals surface area (Å²) in [5.74, 6) is 6.16. The molecule has 0 radical (unpaired) electrons. The third-order valence-corrected chi connectivity index (χ3v) is 11.5. The minimum Gasteiger partial charge on any atom is -0.464 e. The molecule has 3 saturated carbocycles. The van der Waals surface area contributed by atoms with Gasteiger partial charge in [0.25, 0.3) is 6.47 Å². The smallest absolute Gasteiger partial charge is 0.293 e. The molecule has 0 unspecified atom stereocenters. The zero-order chi connectivity index (χ0) is 23.1. The van der Waals surface area contributed by atoms with Gasteiger partial charge in [0.2, 0.25) is 0 Å². The first-order valence-electron chi connectivity index (χ1n) is 14.0. The van der Waals surface area contributed by atoms with E-state index in [1.807, 2.05) is 0 Å². The summed E-state index contributed by atoms with van der Waals surface area (Å²) in [6.45, 7) is 15.7. The first kappa shape index (κ1) is 24.3. The first-order chi connectivity index (χ1) is 15.2. The maximum Gasteiger partial charge on any atom is 0.293 e. The molecular formula is C30H50O2. The van der Waals surface area contributed by atoms with Crippen molar-refractivity contribution in [1.29, 1.82) is 0 Å². The van der Waals surface area contributed by atoms with Crippen molar-refractivity contribution in [1.82, 2.24) is 0 Å². The lowest BCUT2D eigenvalue weighted by Gasteiger charge is -2.58. The van der Waals surface area contributed by atoms with Gasteiger partial charge in [-0.3, -0.25) is 4.79 Å². The zero-order valence-corrected chi connectivity index (χ0v) is 21.9. The van der Waals surface area contributed by atoms with Crippen LogP contribution < -0.4 is 0 Å². The van der Waals surface area contributed by atoms with Gasteiger partial charge in [0, 0.05) is 6.42 Å². The van der Waals surface area contributed by atoms with E-state index in [0.717, 1.165) is 54.3 Å². The average Bonchev–Trinajstić information content (AvgIpc) is 3.11. The molecule has 0 saturated heterocycles. The quantitative estimate of drug-likeness (QED) is 0.280. The largest absolute Gasteiger partial charge is 0.464 e. The van der Waals surface area contributed by atoms with Crippen LogP contribution in [0.2, 0.25) is 0 Å². The normalized spacial score (nSPS) is 43.0. The molecule has 0 bridgehead atoms. The second-order valence-corrected chi connectivity index (χ2v) is 13.1. The Morgan fingerprint density at radius 2 is 1.84 bits per heavy atom. The summed E-state index contributed by atoms with van der Waals surface area (Å²) in [4.78, 5) is 10.9. The zero-order valence-electron chi connectivity index (χ0n) is 21.9. The molecule has 3 fully saturated rings. The Kier molecular flexibility index (Phi) is 7.19. The molecule has 4 rings (SSSR count). The molecule has 2 heteroatoms. The van der Waals surface area contributed by atoms with Crippen molar-refractivity contribution in [3.63, 3.8) is 0 Å².